The second-order valence-corrected chi connectivity index (χ2v) is 6.01. The van der Waals surface area contributed by atoms with Crippen LogP contribution in [0.1, 0.15) is 47.0 Å². The third-order valence-electron chi connectivity index (χ3n) is 2.95. The van der Waals surface area contributed by atoms with E-state index < -0.39 is 0 Å². The van der Waals surface area contributed by atoms with Crippen molar-refractivity contribution >= 4 is 5.91 Å². The zero-order valence-corrected chi connectivity index (χ0v) is 12.3. The van der Waals surface area contributed by atoms with E-state index in [1.807, 2.05) is 0 Å². The molecule has 0 bridgehead atoms. The maximum Gasteiger partial charge on any atom is 0.220 e. The SMILES string of the molecule is CC(C)CC(CO)NC(=O)C[C@@H](CN)CC(C)C. The van der Waals surface area contributed by atoms with Crippen molar-refractivity contribution in [1.82, 2.24) is 5.32 Å². The van der Waals surface area contributed by atoms with E-state index in [1.165, 1.54) is 0 Å². The highest BCUT2D eigenvalue weighted by molar-refractivity contribution is 5.76. The van der Waals surface area contributed by atoms with Crippen LogP contribution in [0.25, 0.3) is 0 Å². The summed E-state index contributed by atoms with van der Waals surface area (Å²) < 4.78 is 0. The van der Waals surface area contributed by atoms with Crippen molar-refractivity contribution < 1.29 is 9.90 Å². The largest absolute Gasteiger partial charge is 0.394 e. The maximum atomic E-state index is 11.9. The number of aliphatic hydroxyl groups excluding tert-OH is 1. The molecule has 0 aliphatic rings. The molecule has 0 aromatic rings. The lowest BCUT2D eigenvalue weighted by atomic mass is 9.93. The van der Waals surface area contributed by atoms with Crippen molar-refractivity contribution in [2.24, 2.45) is 23.5 Å². The average molecular weight is 258 g/mol. The molecule has 1 unspecified atom stereocenters. The zero-order chi connectivity index (χ0) is 14.1. The van der Waals surface area contributed by atoms with E-state index in [1.54, 1.807) is 0 Å². The van der Waals surface area contributed by atoms with Crippen molar-refractivity contribution in [3.8, 4) is 0 Å². The van der Waals surface area contributed by atoms with E-state index in [2.05, 4.69) is 33.0 Å². The van der Waals surface area contributed by atoms with Crippen molar-refractivity contribution in [3.05, 3.63) is 0 Å². The summed E-state index contributed by atoms with van der Waals surface area (Å²) in [5, 5.41) is 12.1. The molecule has 18 heavy (non-hydrogen) atoms. The number of hydrogen-bond donors (Lipinski definition) is 3. The maximum absolute atomic E-state index is 11.9. The van der Waals surface area contributed by atoms with Gasteiger partial charge in [0.25, 0.3) is 0 Å². The Morgan fingerprint density at radius 2 is 1.72 bits per heavy atom. The normalized spacial score (nSPS) is 14.9. The van der Waals surface area contributed by atoms with Crippen LogP contribution in [-0.2, 0) is 4.79 Å². The number of carbonyl (C=O) groups excluding carboxylic acids is 1. The summed E-state index contributed by atoms with van der Waals surface area (Å²) in [6.45, 7) is 8.97. The standard InChI is InChI=1S/C14H30N2O2/c1-10(2)5-12(8-15)7-14(18)16-13(9-17)6-11(3)4/h10-13,17H,5-9,15H2,1-4H3,(H,16,18)/t12-,13?/m0/s1. The van der Waals surface area contributed by atoms with Gasteiger partial charge >= 0.3 is 0 Å². The molecule has 2 atom stereocenters. The van der Waals surface area contributed by atoms with E-state index in [0.717, 1.165) is 12.8 Å². The van der Waals surface area contributed by atoms with Gasteiger partial charge in [0.05, 0.1) is 12.6 Å². The summed E-state index contributed by atoms with van der Waals surface area (Å²) in [6.07, 6.45) is 2.24. The first-order valence-electron chi connectivity index (χ1n) is 6.99. The number of amides is 1. The van der Waals surface area contributed by atoms with Crippen molar-refractivity contribution in [2.45, 2.75) is 53.0 Å². The molecule has 0 spiro atoms. The minimum Gasteiger partial charge on any atom is -0.394 e. The lowest BCUT2D eigenvalue weighted by Gasteiger charge is -2.21. The van der Waals surface area contributed by atoms with Crippen molar-refractivity contribution in [1.29, 1.82) is 0 Å². The van der Waals surface area contributed by atoms with Gasteiger partial charge < -0.3 is 16.2 Å². The molecule has 4 N–H and O–H groups in total. The first-order valence-corrected chi connectivity index (χ1v) is 6.99. The molecule has 0 aromatic carbocycles. The van der Waals surface area contributed by atoms with Crippen LogP contribution >= 0.6 is 0 Å². The van der Waals surface area contributed by atoms with Gasteiger partial charge in [0.1, 0.15) is 0 Å². The molecule has 108 valence electrons. The molecule has 0 radical (unpaired) electrons. The molecular formula is C14H30N2O2. The van der Waals surface area contributed by atoms with Gasteiger partial charge in [-0.3, -0.25) is 4.79 Å². The van der Waals surface area contributed by atoms with Gasteiger partial charge in [-0.2, -0.15) is 0 Å². The third-order valence-corrected chi connectivity index (χ3v) is 2.95. The lowest BCUT2D eigenvalue weighted by molar-refractivity contribution is -0.123. The van der Waals surface area contributed by atoms with E-state index >= 15 is 0 Å². The highest BCUT2D eigenvalue weighted by atomic mass is 16.3. The van der Waals surface area contributed by atoms with Crippen LogP contribution in [-0.4, -0.2) is 30.2 Å². The lowest BCUT2D eigenvalue weighted by Crippen LogP contribution is -2.39. The fraction of sp³-hybridized carbons (Fsp3) is 0.929. The van der Waals surface area contributed by atoms with Crippen LogP contribution < -0.4 is 11.1 Å². The summed E-state index contributed by atoms with van der Waals surface area (Å²) in [7, 11) is 0. The zero-order valence-electron chi connectivity index (χ0n) is 12.3. The van der Waals surface area contributed by atoms with Crippen LogP contribution in [0.2, 0.25) is 0 Å². The van der Waals surface area contributed by atoms with Gasteiger partial charge in [0, 0.05) is 6.42 Å². The number of carbonyl (C=O) groups is 1. The minimum absolute atomic E-state index is 0.00138. The molecular weight excluding hydrogens is 228 g/mol. The molecule has 0 saturated carbocycles. The van der Waals surface area contributed by atoms with Gasteiger partial charge in [-0.25, -0.2) is 0 Å². The average Bonchev–Trinajstić information content (AvgIpc) is 2.25. The summed E-state index contributed by atoms with van der Waals surface area (Å²) >= 11 is 0. The Hall–Kier alpha value is -0.610. The van der Waals surface area contributed by atoms with E-state index in [-0.39, 0.29) is 24.5 Å². The molecule has 4 nitrogen and oxygen atoms in total. The Bertz CT molecular complexity index is 208. The molecule has 0 rings (SSSR count). The van der Waals surface area contributed by atoms with Crippen LogP contribution in [0, 0.1) is 17.8 Å². The molecule has 0 aromatic heterocycles. The van der Waals surface area contributed by atoms with Gasteiger partial charge in [-0.1, -0.05) is 27.7 Å². The molecule has 0 aliphatic carbocycles. The van der Waals surface area contributed by atoms with E-state index in [4.69, 9.17) is 5.73 Å². The van der Waals surface area contributed by atoms with E-state index in [9.17, 15) is 9.90 Å². The predicted octanol–water partition coefficient (Wildman–Crippen LogP) is 1.52. The van der Waals surface area contributed by atoms with Crippen LogP contribution in [0.4, 0.5) is 0 Å². The number of hydrogen-bond acceptors (Lipinski definition) is 3. The molecule has 0 saturated heterocycles. The van der Waals surface area contributed by atoms with Crippen molar-refractivity contribution in [3.63, 3.8) is 0 Å². The topological polar surface area (TPSA) is 75.3 Å². The Morgan fingerprint density at radius 1 is 1.17 bits per heavy atom. The van der Waals surface area contributed by atoms with E-state index in [0.29, 0.717) is 24.8 Å². The fourth-order valence-electron chi connectivity index (χ4n) is 2.23. The summed E-state index contributed by atoms with van der Waals surface area (Å²) in [5.74, 6) is 1.26. The highest BCUT2D eigenvalue weighted by Crippen LogP contribution is 2.14. The summed E-state index contributed by atoms with van der Waals surface area (Å²) in [6, 6.07) is -0.130. The van der Waals surface area contributed by atoms with Gasteiger partial charge in [-0.05, 0) is 37.1 Å². The van der Waals surface area contributed by atoms with Gasteiger partial charge in [0.2, 0.25) is 5.91 Å². The number of nitrogens with two attached hydrogens (primary N) is 1. The predicted molar refractivity (Wildman–Crippen MR) is 75.1 cm³/mol. The smallest absolute Gasteiger partial charge is 0.220 e. The van der Waals surface area contributed by atoms with Gasteiger partial charge in [-0.15, -0.1) is 0 Å². The van der Waals surface area contributed by atoms with Crippen LogP contribution in [0.3, 0.4) is 0 Å². The summed E-state index contributed by atoms with van der Waals surface area (Å²) in [5.41, 5.74) is 5.68. The molecule has 0 aliphatic heterocycles. The Labute approximate surface area is 111 Å². The van der Waals surface area contributed by atoms with Crippen molar-refractivity contribution in [2.75, 3.05) is 13.2 Å². The molecule has 0 heterocycles. The van der Waals surface area contributed by atoms with Gasteiger partial charge in [0.15, 0.2) is 0 Å². The minimum atomic E-state index is -0.130. The second-order valence-electron chi connectivity index (χ2n) is 6.01. The Morgan fingerprint density at radius 3 is 2.11 bits per heavy atom. The number of nitrogens with one attached hydrogen (secondary N) is 1. The van der Waals surface area contributed by atoms with Crippen LogP contribution in [0.15, 0.2) is 0 Å². The summed E-state index contributed by atoms with van der Waals surface area (Å²) in [4.78, 5) is 11.9. The fourth-order valence-corrected chi connectivity index (χ4v) is 2.23. The molecule has 4 heteroatoms. The highest BCUT2D eigenvalue weighted by Gasteiger charge is 2.17. The molecule has 0 fully saturated rings. The van der Waals surface area contributed by atoms with Crippen LogP contribution in [0.5, 0.6) is 0 Å². The number of aliphatic hydroxyl groups is 1. The Balaban J connectivity index is 4.13. The third kappa shape index (κ3) is 8.48. The quantitative estimate of drug-likeness (QED) is 0.587. The Kier molecular flexibility index (Phi) is 9.02. The number of rotatable bonds is 9. The molecule has 1 amide bonds. The first-order chi connectivity index (χ1) is 8.38. The monoisotopic (exact) mass is 258 g/mol. The second kappa shape index (κ2) is 9.34. The first kappa shape index (κ1) is 17.4.